The molecule has 0 amide bonds. The minimum absolute atomic E-state index is 0.251. The van der Waals surface area contributed by atoms with E-state index in [2.05, 4.69) is 24.3 Å². The van der Waals surface area contributed by atoms with Crippen LogP contribution in [0.25, 0.3) is 11.1 Å². The van der Waals surface area contributed by atoms with Crippen LogP contribution >= 0.6 is 12.2 Å². The highest BCUT2D eigenvalue weighted by Crippen LogP contribution is 2.40. The second kappa shape index (κ2) is 6.54. The lowest BCUT2D eigenvalue weighted by Gasteiger charge is -2.22. The average Bonchev–Trinajstić information content (AvgIpc) is 3.03. The Balaban J connectivity index is 1.72. The number of benzene rings is 2. The smallest absolute Gasteiger partial charge is 0.146 e. The summed E-state index contributed by atoms with van der Waals surface area (Å²) in [5, 5.41) is 0. The Kier molecular flexibility index (Phi) is 4.01. The van der Waals surface area contributed by atoms with Crippen LogP contribution in [-0.4, -0.2) is 9.97 Å². The fraction of sp³-hybridized carbons (Fsp3) is 0.217. The van der Waals surface area contributed by atoms with E-state index in [1.165, 1.54) is 41.3 Å². The van der Waals surface area contributed by atoms with E-state index < -0.39 is 0 Å². The molecule has 27 heavy (non-hydrogen) atoms. The van der Waals surface area contributed by atoms with Crippen molar-refractivity contribution in [2.45, 2.75) is 32.2 Å². The zero-order chi connectivity index (χ0) is 18.4. The van der Waals surface area contributed by atoms with Crippen LogP contribution in [0.4, 0.5) is 10.1 Å². The molecule has 0 saturated carbocycles. The molecule has 2 aromatic carbocycles. The SMILES string of the molecule is Fc1ccccc1N1Cc2nc3c(c(-c4ccccc4)c2C1=S)CCCC3. The first-order valence-electron chi connectivity index (χ1n) is 9.40. The Morgan fingerprint density at radius 2 is 1.59 bits per heavy atom. The molecular weight excluding hydrogens is 355 g/mol. The van der Waals surface area contributed by atoms with E-state index >= 15 is 0 Å². The molecule has 0 saturated heterocycles. The third kappa shape index (κ3) is 2.67. The van der Waals surface area contributed by atoms with E-state index in [1.54, 1.807) is 12.1 Å². The fourth-order valence-electron chi connectivity index (χ4n) is 4.29. The van der Waals surface area contributed by atoms with Gasteiger partial charge in [0.15, 0.2) is 0 Å². The maximum absolute atomic E-state index is 14.4. The first-order valence-corrected chi connectivity index (χ1v) is 9.81. The molecule has 1 aliphatic carbocycles. The molecule has 4 heteroatoms. The third-order valence-electron chi connectivity index (χ3n) is 5.52. The number of rotatable bonds is 2. The average molecular weight is 374 g/mol. The standard InChI is InChI=1S/C23H19FN2S/c24-17-11-5-7-13-20(17)26-14-19-22(23(26)27)21(15-8-2-1-3-9-15)16-10-4-6-12-18(16)25-19/h1-3,5,7-9,11,13H,4,6,10,12,14H2. The highest BCUT2D eigenvalue weighted by atomic mass is 32.1. The number of aromatic nitrogens is 1. The van der Waals surface area contributed by atoms with Gasteiger partial charge in [0.2, 0.25) is 0 Å². The van der Waals surface area contributed by atoms with Crippen molar-refractivity contribution < 1.29 is 4.39 Å². The summed E-state index contributed by atoms with van der Waals surface area (Å²) in [4.78, 5) is 7.55. The van der Waals surface area contributed by atoms with Crippen molar-refractivity contribution >= 4 is 22.9 Å². The summed E-state index contributed by atoms with van der Waals surface area (Å²) >= 11 is 5.85. The quantitative estimate of drug-likeness (QED) is 0.554. The maximum atomic E-state index is 14.4. The number of hydrogen-bond acceptors (Lipinski definition) is 2. The van der Waals surface area contributed by atoms with Gasteiger partial charge in [-0.2, -0.15) is 0 Å². The summed E-state index contributed by atoms with van der Waals surface area (Å²) in [7, 11) is 0. The van der Waals surface area contributed by atoms with Crippen molar-refractivity contribution in [2.75, 3.05) is 4.90 Å². The van der Waals surface area contributed by atoms with Gasteiger partial charge in [0, 0.05) is 11.3 Å². The lowest BCUT2D eigenvalue weighted by Crippen LogP contribution is -2.23. The molecule has 2 heterocycles. The summed E-state index contributed by atoms with van der Waals surface area (Å²) in [6.45, 7) is 0.530. The fourth-order valence-corrected chi connectivity index (χ4v) is 4.67. The number of para-hydroxylation sites is 1. The number of fused-ring (bicyclic) bond motifs is 2. The number of pyridine rings is 1. The second-order valence-electron chi connectivity index (χ2n) is 7.15. The van der Waals surface area contributed by atoms with Gasteiger partial charge in [-0.1, -0.05) is 54.7 Å². The van der Waals surface area contributed by atoms with Crippen LogP contribution in [-0.2, 0) is 19.4 Å². The predicted octanol–water partition coefficient (Wildman–Crippen LogP) is 5.46. The van der Waals surface area contributed by atoms with Crippen LogP contribution in [0.1, 0.15) is 35.4 Å². The van der Waals surface area contributed by atoms with Crippen molar-refractivity contribution in [1.82, 2.24) is 4.98 Å². The molecule has 0 radical (unpaired) electrons. The van der Waals surface area contributed by atoms with Crippen LogP contribution in [0.5, 0.6) is 0 Å². The minimum atomic E-state index is -0.251. The summed E-state index contributed by atoms with van der Waals surface area (Å²) in [5.41, 5.74) is 7.41. The molecule has 0 unspecified atom stereocenters. The molecule has 5 rings (SSSR count). The van der Waals surface area contributed by atoms with Crippen LogP contribution < -0.4 is 4.90 Å². The zero-order valence-corrected chi connectivity index (χ0v) is 15.7. The summed E-state index contributed by atoms with van der Waals surface area (Å²) in [6.07, 6.45) is 4.39. The topological polar surface area (TPSA) is 16.1 Å². The number of nitrogens with zero attached hydrogens (tertiary/aromatic N) is 2. The van der Waals surface area contributed by atoms with Crippen molar-refractivity contribution in [3.8, 4) is 11.1 Å². The van der Waals surface area contributed by atoms with Gasteiger partial charge < -0.3 is 4.90 Å². The number of hydrogen-bond donors (Lipinski definition) is 0. The summed E-state index contributed by atoms with van der Waals surface area (Å²) in [5.74, 6) is -0.251. The first kappa shape index (κ1) is 16.6. The number of anilines is 1. The van der Waals surface area contributed by atoms with E-state index in [0.29, 0.717) is 17.2 Å². The molecule has 2 aliphatic rings. The minimum Gasteiger partial charge on any atom is -0.324 e. The van der Waals surface area contributed by atoms with Crippen molar-refractivity contribution in [1.29, 1.82) is 0 Å². The normalized spacial score (nSPS) is 15.6. The summed E-state index contributed by atoms with van der Waals surface area (Å²) < 4.78 is 14.4. The van der Waals surface area contributed by atoms with Gasteiger partial charge in [-0.05, 0) is 54.5 Å². The molecule has 0 bridgehead atoms. The Morgan fingerprint density at radius 1 is 0.852 bits per heavy atom. The molecule has 1 aliphatic heterocycles. The van der Waals surface area contributed by atoms with E-state index in [1.807, 2.05) is 17.0 Å². The van der Waals surface area contributed by atoms with E-state index in [9.17, 15) is 4.39 Å². The van der Waals surface area contributed by atoms with Gasteiger partial charge >= 0.3 is 0 Å². The Morgan fingerprint density at radius 3 is 2.41 bits per heavy atom. The lowest BCUT2D eigenvalue weighted by molar-refractivity contribution is 0.626. The Hall–Kier alpha value is -2.59. The van der Waals surface area contributed by atoms with Crippen molar-refractivity contribution in [2.24, 2.45) is 0 Å². The highest BCUT2D eigenvalue weighted by Gasteiger charge is 2.33. The maximum Gasteiger partial charge on any atom is 0.146 e. The predicted molar refractivity (Wildman–Crippen MR) is 111 cm³/mol. The zero-order valence-electron chi connectivity index (χ0n) is 14.9. The first-order chi connectivity index (χ1) is 13.2. The third-order valence-corrected chi connectivity index (χ3v) is 5.95. The molecule has 134 valence electrons. The molecule has 0 N–H and O–H groups in total. The van der Waals surface area contributed by atoms with Crippen molar-refractivity contribution in [3.63, 3.8) is 0 Å². The highest BCUT2D eigenvalue weighted by molar-refractivity contribution is 7.81. The van der Waals surface area contributed by atoms with E-state index in [0.717, 1.165) is 24.1 Å². The van der Waals surface area contributed by atoms with Gasteiger partial charge in [-0.3, -0.25) is 4.98 Å². The molecule has 0 fully saturated rings. The number of halogens is 1. The lowest BCUT2D eigenvalue weighted by atomic mass is 9.86. The molecule has 2 nitrogen and oxygen atoms in total. The van der Waals surface area contributed by atoms with Gasteiger partial charge in [-0.25, -0.2) is 4.39 Å². The number of thiocarbonyl (C=S) groups is 1. The Bertz CT molecular complexity index is 1050. The van der Waals surface area contributed by atoms with Gasteiger partial charge in [-0.15, -0.1) is 0 Å². The molecular formula is C23H19FN2S. The van der Waals surface area contributed by atoms with Crippen LogP contribution in [0, 0.1) is 5.82 Å². The van der Waals surface area contributed by atoms with Crippen LogP contribution in [0.15, 0.2) is 54.6 Å². The van der Waals surface area contributed by atoms with Gasteiger partial charge in [0.25, 0.3) is 0 Å². The van der Waals surface area contributed by atoms with Crippen LogP contribution in [0.2, 0.25) is 0 Å². The second-order valence-corrected chi connectivity index (χ2v) is 7.54. The van der Waals surface area contributed by atoms with E-state index in [4.69, 9.17) is 17.2 Å². The van der Waals surface area contributed by atoms with E-state index in [-0.39, 0.29) is 5.82 Å². The van der Waals surface area contributed by atoms with Gasteiger partial charge in [0.1, 0.15) is 10.8 Å². The van der Waals surface area contributed by atoms with Crippen LogP contribution in [0.3, 0.4) is 0 Å². The largest absolute Gasteiger partial charge is 0.324 e. The summed E-state index contributed by atoms with van der Waals surface area (Å²) in [6, 6.07) is 17.2. The molecule has 3 aromatic rings. The monoisotopic (exact) mass is 374 g/mol. The number of aryl methyl sites for hydroxylation is 1. The Labute approximate surface area is 163 Å². The van der Waals surface area contributed by atoms with Crippen molar-refractivity contribution in [3.05, 3.63) is 82.9 Å². The molecule has 0 atom stereocenters. The molecule has 0 spiro atoms. The van der Waals surface area contributed by atoms with Gasteiger partial charge in [0.05, 0.1) is 17.9 Å². The molecule has 1 aromatic heterocycles.